The van der Waals surface area contributed by atoms with Gasteiger partial charge in [0.2, 0.25) is 0 Å². The quantitative estimate of drug-likeness (QED) is 0.246. The van der Waals surface area contributed by atoms with Crippen LogP contribution in [0.2, 0.25) is 0 Å². The smallest absolute Gasteiger partial charge is 0.292 e. The Balaban J connectivity index is 1.44. The zero-order valence-corrected chi connectivity index (χ0v) is 20.3. The number of ketones is 1. The molecule has 0 fully saturated rings. The van der Waals surface area contributed by atoms with Crippen LogP contribution in [0.4, 0.5) is 0 Å². The summed E-state index contributed by atoms with van der Waals surface area (Å²) in [7, 11) is 0. The molecule has 39 heavy (non-hydrogen) atoms. The highest BCUT2D eigenvalue weighted by atomic mass is 16.7. The third-order valence-corrected chi connectivity index (χ3v) is 7.58. The molecule has 9 heteroatoms. The molecule has 0 saturated carbocycles. The first-order valence-electron chi connectivity index (χ1n) is 12.4. The molecule has 3 aliphatic heterocycles. The number of phenols is 5. The number of rotatable bonds is 2. The van der Waals surface area contributed by atoms with Gasteiger partial charge in [-0.2, -0.15) is 0 Å². The lowest BCUT2D eigenvalue weighted by molar-refractivity contribution is -0.121. The molecule has 4 aromatic rings. The fraction of sp³-hybridized carbons (Fsp3) is 0.167. The summed E-state index contributed by atoms with van der Waals surface area (Å²) in [5.41, 5.74) is 1.97. The van der Waals surface area contributed by atoms with E-state index < -0.39 is 29.3 Å². The monoisotopic (exact) mass is 526 g/mol. The maximum absolute atomic E-state index is 14.2. The van der Waals surface area contributed by atoms with Crippen LogP contribution in [0, 0.1) is 0 Å². The van der Waals surface area contributed by atoms with E-state index in [4.69, 9.17) is 14.2 Å². The van der Waals surface area contributed by atoms with Gasteiger partial charge in [0.1, 0.15) is 63.6 Å². The largest absolute Gasteiger partial charge is 0.508 e. The van der Waals surface area contributed by atoms with Crippen molar-refractivity contribution in [3.05, 3.63) is 94.5 Å². The van der Waals surface area contributed by atoms with Crippen molar-refractivity contribution in [2.45, 2.75) is 30.7 Å². The minimum Gasteiger partial charge on any atom is -0.508 e. The van der Waals surface area contributed by atoms with Gasteiger partial charge in [-0.3, -0.25) is 4.79 Å². The van der Waals surface area contributed by atoms with Crippen molar-refractivity contribution in [3.63, 3.8) is 0 Å². The van der Waals surface area contributed by atoms with Crippen LogP contribution in [-0.4, -0.2) is 31.3 Å². The van der Waals surface area contributed by atoms with E-state index in [9.17, 15) is 30.3 Å². The highest BCUT2D eigenvalue weighted by Gasteiger charge is 2.61. The number of benzene rings is 4. The molecule has 0 amide bonds. The van der Waals surface area contributed by atoms with Crippen molar-refractivity contribution in [2.75, 3.05) is 0 Å². The number of Topliss-reactive ketones (excluding diaryl/α,β-unsaturated/α-hetero) is 1. The molecule has 0 aliphatic carbocycles. The van der Waals surface area contributed by atoms with Crippen LogP contribution >= 0.6 is 0 Å². The normalized spacial score (nSPS) is 22.4. The number of hydrogen-bond acceptors (Lipinski definition) is 9. The minimum atomic E-state index is -1.78. The van der Waals surface area contributed by atoms with Crippen LogP contribution in [0.1, 0.15) is 51.1 Å². The van der Waals surface area contributed by atoms with Gasteiger partial charge in [-0.05, 0) is 54.8 Å². The van der Waals surface area contributed by atoms with E-state index in [-0.39, 0.29) is 40.1 Å². The number of aromatic hydroxyl groups is 5. The Morgan fingerprint density at radius 1 is 0.744 bits per heavy atom. The summed E-state index contributed by atoms with van der Waals surface area (Å²) in [6, 6.07) is 16.3. The van der Waals surface area contributed by atoms with Crippen LogP contribution in [0.5, 0.6) is 46.0 Å². The number of hydrogen-bond donors (Lipinski definition) is 5. The molecule has 0 aromatic heterocycles. The summed E-state index contributed by atoms with van der Waals surface area (Å²) in [6.07, 6.45) is 0.570. The molecule has 196 valence electrons. The van der Waals surface area contributed by atoms with Crippen molar-refractivity contribution in [2.24, 2.45) is 0 Å². The second kappa shape index (κ2) is 7.97. The number of phenolic OH excluding ortho intramolecular Hbond substituents is 5. The fourth-order valence-electron chi connectivity index (χ4n) is 5.81. The number of carbonyl (C=O) groups is 1. The van der Waals surface area contributed by atoms with Crippen LogP contribution in [-0.2, 0) is 12.2 Å². The van der Waals surface area contributed by atoms with Crippen molar-refractivity contribution in [3.8, 4) is 46.0 Å². The molecule has 0 radical (unpaired) electrons. The summed E-state index contributed by atoms with van der Waals surface area (Å²) in [4.78, 5) is 14.2. The molecular formula is C30H22O9. The Morgan fingerprint density at radius 3 is 2.13 bits per heavy atom. The van der Waals surface area contributed by atoms with Crippen LogP contribution in [0.3, 0.4) is 0 Å². The average Bonchev–Trinajstić information content (AvgIpc) is 3.24. The van der Waals surface area contributed by atoms with Gasteiger partial charge in [0.15, 0.2) is 5.78 Å². The van der Waals surface area contributed by atoms with Gasteiger partial charge < -0.3 is 39.7 Å². The van der Waals surface area contributed by atoms with E-state index in [1.165, 1.54) is 24.3 Å². The fourth-order valence-corrected chi connectivity index (χ4v) is 5.81. The Labute approximate surface area is 221 Å². The molecule has 0 bridgehead atoms. The van der Waals surface area contributed by atoms with E-state index in [1.807, 2.05) is 0 Å². The van der Waals surface area contributed by atoms with Gasteiger partial charge in [0.25, 0.3) is 5.79 Å². The molecular weight excluding hydrogens is 504 g/mol. The summed E-state index contributed by atoms with van der Waals surface area (Å²) in [5, 5.41) is 51.3. The van der Waals surface area contributed by atoms with Crippen molar-refractivity contribution >= 4 is 5.78 Å². The first kappa shape index (κ1) is 23.1. The van der Waals surface area contributed by atoms with E-state index in [1.54, 1.807) is 36.4 Å². The zero-order chi connectivity index (χ0) is 27.1. The molecule has 4 aromatic carbocycles. The molecule has 3 aliphatic rings. The second-order valence-electron chi connectivity index (χ2n) is 9.91. The van der Waals surface area contributed by atoms with Gasteiger partial charge in [0, 0.05) is 29.3 Å². The van der Waals surface area contributed by atoms with Gasteiger partial charge in [-0.1, -0.05) is 12.1 Å². The molecule has 0 spiro atoms. The van der Waals surface area contributed by atoms with Crippen LogP contribution < -0.4 is 14.2 Å². The summed E-state index contributed by atoms with van der Waals surface area (Å²) < 4.78 is 19.1. The Hall–Kier alpha value is -5.05. The maximum Gasteiger partial charge on any atom is 0.292 e. The summed E-state index contributed by atoms with van der Waals surface area (Å²) in [6.45, 7) is 0. The zero-order valence-electron chi connectivity index (χ0n) is 20.3. The molecule has 7 rings (SSSR count). The minimum absolute atomic E-state index is 0.00451. The molecule has 3 heterocycles. The second-order valence-corrected chi connectivity index (χ2v) is 9.91. The predicted octanol–water partition coefficient (Wildman–Crippen LogP) is 4.89. The first-order chi connectivity index (χ1) is 18.7. The number of carbonyl (C=O) groups excluding carboxylic acids is 1. The number of fused-ring (bicyclic) bond motifs is 6. The average molecular weight is 526 g/mol. The highest BCUT2D eigenvalue weighted by molar-refractivity contribution is 6.08. The third kappa shape index (κ3) is 3.29. The molecule has 9 nitrogen and oxygen atoms in total. The van der Waals surface area contributed by atoms with E-state index in [0.29, 0.717) is 35.3 Å². The summed E-state index contributed by atoms with van der Waals surface area (Å²) in [5.74, 6) is -3.77. The Kier molecular flexibility index (Phi) is 4.72. The SMILES string of the molecule is O=C1c2c(O)cc(O)cc2OC2(c3ccc(O)cc3)Oc3cc(O)c4c(c3C12)OC(c1ccc(O)cc1)CC4. The van der Waals surface area contributed by atoms with Crippen molar-refractivity contribution in [1.29, 1.82) is 0 Å². The van der Waals surface area contributed by atoms with Crippen molar-refractivity contribution < 1.29 is 44.5 Å². The summed E-state index contributed by atoms with van der Waals surface area (Å²) >= 11 is 0. The molecule has 5 N–H and O–H groups in total. The van der Waals surface area contributed by atoms with Crippen LogP contribution in [0.25, 0.3) is 0 Å². The third-order valence-electron chi connectivity index (χ3n) is 7.58. The van der Waals surface area contributed by atoms with E-state index in [2.05, 4.69) is 0 Å². The molecule has 3 unspecified atom stereocenters. The first-order valence-corrected chi connectivity index (χ1v) is 12.4. The van der Waals surface area contributed by atoms with Crippen LogP contribution in [0.15, 0.2) is 66.7 Å². The van der Waals surface area contributed by atoms with E-state index in [0.717, 1.165) is 11.6 Å². The lowest BCUT2D eigenvalue weighted by Crippen LogP contribution is -2.47. The van der Waals surface area contributed by atoms with E-state index >= 15 is 0 Å². The Bertz CT molecular complexity index is 1660. The van der Waals surface area contributed by atoms with Gasteiger partial charge in [0.05, 0.1) is 5.56 Å². The number of ether oxygens (including phenoxy) is 3. The highest BCUT2D eigenvalue weighted by Crippen LogP contribution is 2.62. The predicted molar refractivity (Wildman–Crippen MR) is 136 cm³/mol. The van der Waals surface area contributed by atoms with Gasteiger partial charge in [-0.25, -0.2) is 0 Å². The Morgan fingerprint density at radius 2 is 1.41 bits per heavy atom. The topological polar surface area (TPSA) is 146 Å². The van der Waals surface area contributed by atoms with Gasteiger partial charge in [-0.15, -0.1) is 0 Å². The lowest BCUT2D eigenvalue weighted by atomic mass is 9.78. The lowest BCUT2D eigenvalue weighted by Gasteiger charge is -2.39. The van der Waals surface area contributed by atoms with Gasteiger partial charge >= 0.3 is 0 Å². The molecule has 0 saturated heterocycles. The molecule has 3 atom stereocenters. The standard InChI is InChI=1S/C30H22O9/c31-16-5-1-14(2-6-16)22-10-9-19-20(34)13-24-26(29(19)37-22)27-28(36)25-21(35)11-18(33)12-23(25)38-30(27,39-24)15-3-7-17(32)8-4-15/h1-8,11-13,22,27,31-35H,9-10H2. The maximum atomic E-state index is 14.2. The van der Waals surface area contributed by atoms with Crippen molar-refractivity contribution in [1.82, 2.24) is 0 Å².